The van der Waals surface area contributed by atoms with Crippen molar-refractivity contribution >= 4 is 28.2 Å². The van der Waals surface area contributed by atoms with Gasteiger partial charge < -0.3 is 5.73 Å². The van der Waals surface area contributed by atoms with E-state index in [1.165, 1.54) is 6.07 Å². The monoisotopic (exact) mass is 289 g/mol. The summed E-state index contributed by atoms with van der Waals surface area (Å²) >= 11 is 0. The standard InChI is InChI=1S/C15H15N3O3/c1-8-17-11-4-2-3-10(16)14(11)15(21)18(8)12-6-5-9(19)7-13(12)20/h2-4,12H,5-7,16H2,1H3/i1D,2D,3D,6D. The molecule has 6 nitrogen and oxygen atoms in total. The summed E-state index contributed by atoms with van der Waals surface area (Å²) in [5.41, 5.74) is 4.92. The average Bonchev–Trinajstić information content (AvgIpc) is 2.53. The van der Waals surface area contributed by atoms with Gasteiger partial charge in [-0.1, -0.05) is 6.04 Å². The third-order valence-corrected chi connectivity index (χ3v) is 3.45. The number of aryl methyl sites for hydroxylation is 1. The molecule has 2 atom stereocenters. The van der Waals surface area contributed by atoms with E-state index in [2.05, 4.69) is 4.98 Å². The highest BCUT2D eigenvalue weighted by Crippen LogP contribution is 2.24. The lowest BCUT2D eigenvalue weighted by molar-refractivity contribution is -0.132. The van der Waals surface area contributed by atoms with Crippen molar-refractivity contribution in [2.75, 3.05) is 5.73 Å². The largest absolute Gasteiger partial charge is 0.398 e. The van der Waals surface area contributed by atoms with Crippen LogP contribution < -0.4 is 11.3 Å². The maximum absolute atomic E-state index is 13.0. The van der Waals surface area contributed by atoms with Gasteiger partial charge in [0.05, 0.1) is 26.1 Å². The van der Waals surface area contributed by atoms with Gasteiger partial charge in [-0.2, -0.15) is 0 Å². The number of rotatable bonds is 1. The molecule has 1 fully saturated rings. The molecule has 1 aliphatic carbocycles. The Balaban J connectivity index is 2.35. The molecule has 1 aromatic heterocycles. The van der Waals surface area contributed by atoms with Gasteiger partial charge in [-0.25, -0.2) is 4.98 Å². The Hall–Kier alpha value is -2.50. The van der Waals surface area contributed by atoms with Crippen LogP contribution in [0.4, 0.5) is 5.69 Å². The molecular formula is C15H15N3O3. The molecule has 0 amide bonds. The summed E-state index contributed by atoms with van der Waals surface area (Å²) in [6.07, 6.45) is -1.68. The maximum Gasteiger partial charge on any atom is 0.264 e. The van der Waals surface area contributed by atoms with Gasteiger partial charge in [0.2, 0.25) is 0 Å². The van der Waals surface area contributed by atoms with Gasteiger partial charge in [0.1, 0.15) is 11.6 Å². The summed E-state index contributed by atoms with van der Waals surface area (Å²) in [7, 11) is 0. The molecule has 2 N–H and O–H groups in total. The summed E-state index contributed by atoms with van der Waals surface area (Å²) in [6.45, 7) is -0.425. The van der Waals surface area contributed by atoms with Crippen LogP contribution in [0.2, 0.25) is 0 Å². The lowest BCUT2D eigenvalue weighted by atomic mass is 9.92. The molecule has 0 aliphatic heterocycles. The smallest absolute Gasteiger partial charge is 0.264 e. The first-order valence-corrected chi connectivity index (χ1v) is 6.33. The van der Waals surface area contributed by atoms with Crippen LogP contribution in [-0.4, -0.2) is 21.1 Å². The second kappa shape index (κ2) is 4.80. The fourth-order valence-electron chi connectivity index (χ4n) is 2.48. The van der Waals surface area contributed by atoms with Gasteiger partial charge in [-0.15, -0.1) is 0 Å². The Bertz CT molecular complexity index is 973. The first kappa shape index (κ1) is 9.44. The van der Waals surface area contributed by atoms with E-state index in [9.17, 15) is 14.4 Å². The number of fused-ring (bicyclic) bond motifs is 1. The van der Waals surface area contributed by atoms with Crippen molar-refractivity contribution in [3.63, 3.8) is 0 Å². The summed E-state index contributed by atoms with van der Waals surface area (Å²) < 4.78 is 32.1. The fraction of sp³-hybridized carbons (Fsp3) is 0.333. The number of hydrogen-bond donors (Lipinski definition) is 1. The van der Waals surface area contributed by atoms with Gasteiger partial charge >= 0.3 is 0 Å². The topological polar surface area (TPSA) is 95.0 Å². The van der Waals surface area contributed by atoms with E-state index < -0.39 is 30.7 Å². The zero-order valence-corrected chi connectivity index (χ0v) is 11.0. The Labute approximate surface area is 126 Å². The van der Waals surface area contributed by atoms with E-state index in [1.807, 2.05) is 0 Å². The molecular weight excluding hydrogens is 270 g/mol. The minimum absolute atomic E-state index is 0.0426. The first-order valence-electron chi connectivity index (χ1n) is 8.61. The quantitative estimate of drug-likeness (QED) is 0.627. The lowest BCUT2D eigenvalue weighted by Gasteiger charge is -2.24. The van der Waals surface area contributed by atoms with Crippen molar-refractivity contribution in [2.45, 2.75) is 32.2 Å². The van der Waals surface area contributed by atoms with Crippen molar-refractivity contribution in [3.8, 4) is 0 Å². The highest BCUT2D eigenvalue weighted by atomic mass is 16.2. The molecule has 0 saturated heterocycles. The third-order valence-electron chi connectivity index (χ3n) is 3.45. The second-order valence-electron chi connectivity index (χ2n) is 4.86. The molecule has 108 valence electrons. The number of benzene rings is 1. The van der Waals surface area contributed by atoms with E-state index >= 15 is 0 Å². The maximum atomic E-state index is 13.0. The molecule has 1 saturated carbocycles. The normalized spacial score (nSPS) is 25.3. The predicted molar refractivity (Wildman–Crippen MR) is 78.1 cm³/mol. The van der Waals surface area contributed by atoms with Gasteiger partial charge in [0, 0.05) is 14.8 Å². The fourth-order valence-corrected chi connectivity index (χ4v) is 2.48. The third kappa shape index (κ3) is 2.12. The van der Waals surface area contributed by atoms with Crippen LogP contribution in [0, 0.1) is 6.90 Å². The van der Waals surface area contributed by atoms with Crippen molar-refractivity contribution < 1.29 is 15.1 Å². The summed E-state index contributed by atoms with van der Waals surface area (Å²) in [5.74, 6) is -0.975. The van der Waals surface area contributed by atoms with Crippen molar-refractivity contribution in [3.05, 3.63) is 34.3 Å². The van der Waals surface area contributed by atoms with Crippen molar-refractivity contribution in [1.82, 2.24) is 9.55 Å². The van der Waals surface area contributed by atoms with E-state index in [0.717, 1.165) is 4.57 Å². The Kier molecular flexibility index (Phi) is 2.16. The molecule has 2 aromatic rings. The SMILES string of the molecule is [2H]Cc1nc2cc([2H])c([2H])c(N)c2c(=O)n1C1C(=O)CC(=O)CC1[2H]. The number of anilines is 1. The van der Waals surface area contributed by atoms with Gasteiger partial charge in [0.15, 0.2) is 5.78 Å². The van der Waals surface area contributed by atoms with E-state index in [0.29, 0.717) is 0 Å². The number of hydrogen-bond acceptors (Lipinski definition) is 5. The number of ketones is 2. The van der Waals surface area contributed by atoms with Gasteiger partial charge in [-0.3, -0.25) is 19.0 Å². The number of carbonyl (C=O) groups excluding carboxylic acids is 2. The molecule has 1 aliphatic rings. The van der Waals surface area contributed by atoms with Crippen molar-refractivity contribution in [2.24, 2.45) is 0 Å². The molecule has 1 heterocycles. The predicted octanol–water partition coefficient (Wildman–Crippen LogP) is 1.15. The van der Waals surface area contributed by atoms with E-state index in [4.69, 9.17) is 11.2 Å². The molecule has 21 heavy (non-hydrogen) atoms. The molecule has 3 rings (SSSR count). The molecule has 6 heteroatoms. The number of Topliss-reactive ketones (excluding diaryl/α,β-unsaturated/α-hetero) is 2. The zero-order valence-electron chi connectivity index (χ0n) is 15.0. The Morgan fingerprint density at radius 3 is 3.05 bits per heavy atom. The summed E-state index contributed by atoms with van der Waals surface area (Å²) in [4.78, 5) is 40.9. The van der Waals surface area contributed by atoms with Crippen LogP contribution in [0.25, 0.3) is 10.9 Å². The van der Waals surface area contributed by atoms with Crippen LogP contribution in [-0.2, 0) is 9.59 Å². The van der Waals surface area contributed by atoms with E-state index in [-0.39, 0.29) is 53.1 Å². The number of nitrogens with zero attached hydrogens (tertiary/aromatic N) is 2. The van der Waals surface area contributed by atoms with Crippen LogP contribution >= 0.6 is 0 Å². The number of carbonyl (C=O) groups is 2. The lowest BCUT2D eigenvalue weighted by Crippen LogP contribution is -2.36. The number of nitrogens with two attached hydrogens (primary N) is 1. The summed E-state index contributed by atoms with van der Waals surface area (Å²) in [6, 6.07) is -0.539. The summed E-state index contributed by atoms with van der Waals surface area (Å²) in [5, 5.41) is -0.116. The Morgan fingerprint density at radius 2 is 2.33 bits per heavy atom. The Morgan fingerprint density at radius 1 is 1.52 bits per heavy atom. The van der Waals surface area contributed by atoms with Gasteiger partial charge in [0.25, 0.3) is 5.56 Å². The van der Waals surface area contributed by atoms with Gasteiger partial charge in [-0.05, 0) is 25.4 Å². The molecule has 0 spiro atoms. The van der Waals surface area contributed by atoms with Crippen molar-refractivity contribution in [1.29, 1.82) is 0 Å². The molecule has 1 aromatic carbocycles. The minimum atomic E-state index is -1.22. The number of aromatic nitrogens is 2. The molecule has 0 bridgehead atoms. The molecule has 2 unspecified atom stereocenters. The second-order valence-corrected chi connectivity index (χ2v) is 4.86. The average molecular weight is 289 g/mol. The van der Waals surface area contributed by atoms with Crippen LogP contribution in [0.5, 0.6) is 0 Å². The first-order chi connectivity index (χ1) is 11.8. The van der Waals surface area contributed by atoms with Crippen LogP contribution in [0.15, 0.2) is 22.9 Å². The zero-order chi connectivity index (χ0) is 18.5. The highest BCUT2D eigenvalue weighted by Gasteiger charge is 2.30. The van der Waals surface area contributed by atoms with Crippen LogP contribution in [0.1, 0.15) is 36.6 Å². The minimum Gasteiger partial charge on any atom is -0.398 e. The highest BCUT2D eigenvalue weighted by molar-refractivity contribution is 6.03. The van der Waals surface area contributed by atoms with Crippen LogP contribution in [0.3, 0.4) is 0 Å². The molecule has 0 radical (unpaired) electrons. The number of nitrogen functional groups attached to an aromatic ring is 1. The van der Waals surface area contributed by atoms with E-state index in [1.54, 1.807) is 0 Å².